The van der Waals surface area contributed by atoms with Crippen LogP contribution in [0.1, 0.15) is 136 Å². The summed E-state index contributed by atoms with van der Waals surface area (Å²) in [5, 5.41) is 0. The van der Waals surface area contributed by atoms with Crippen LogP contribution in [0.2, 0.25) is 0 Å². The van der Waals surface area contributed by atoms with Gasteiger partial charge in [0.05, 0.1) is 0 Å². The van der Waals surface area contributed by atoms with Gasteiger partial charge < -0.3 is 0 Å². The van der Waals surface area contributed by atoms with E-state index in [1.165, 1.54) is 116 Å². The van der Waals surface area contributed by atoms with Crippen LogP contribution in [0.5, 0.6) is 0 Å². The first-order chi connectivity index (χ1) is 12.7. The maximum atomic E-state index is 2.76. The average Bonchev–Trinajstić information content (AvgIpc) is 2.64. The molecule has 0 amide bonds. The fourth-order valence-corrected chi connectivity index (χ4v) is 8.43. The zero-order chi connectivity index (χ0) is 19.3. The third kappa shape index (κ3) is 21.4. The van der Waals surface area contributed by atoms with Crippen molar-refractivity contribution in [1.82, 2.24) is 0 Å². The predicted molar refractivity (Wildman–Crippen MR) is 140 cm³/mol. The van der Waals surface area contributed by atoms with E-state index in [1.54, 1.807) is 18.5 Å². The van der Waals surface area contributed by atoms with Crippen molar-refractivity contribution in [2.45, 2.75) is 136 Å². The molecule has 0 radical (unpaired) electrons. The van der Waals surface area contributed by atoms with Gasteiger partial charge in [0, 0.05) is 0 Å². The van der Waals surface area contributed by atoms with Gasteiger partial charge >= 0.3 is 169 Å². The molecule has 27 heavy (non-hydrogen) atoms. The van der Waals surface area contributed by atoms with Crippen LogP contribution in [-0.2, 0) is 0 Å². The molecule has 0 spiro atoms. The Labute approximate surface area is 178 Å². The van der Waals surface area contributed by atoms with Gasteiger partial charge in [0.15, 0.2) is 0 Å². The SMILES string of the molecule is CCCCCCCC[PH](C)(CCCCCCCC)CCCCCCCC.P. The molecule has 0 rings (SSSR count). The van der Waals surface area contributed by atoms with E-state index >= 15 is 0 Å². The van der Waals surface area contributed by atoms with Crippen LogP contribution in [-0.4, -0.2) is 25.2 Å². The second-order valence-electron chi connectivity index (χ2n) is 9.36. The standard InChI is InChI=1S/C25H55P.H3P/c1-5-8-11-14-17-20-23-26(4,24-21-18-15-12-9-6-2)25-22-19-16-13-10-7-3;/h26H,5-25H2,1-4H3;1H3. The van der Waals surface area contributed by atoms with E-state index in [0.717, 1.165) is 0 Å². The van der Waals surface area contributed by atoms with Crippen LogP contribution in [0.15, 0.2) is 0 Å². The summed E-state index contributed by atoms with van der Waals surface area (Å²) in [6.07, 6.45) is 31.4. The molecule has 1 atom stereocenters. The molecule has 0 heterocycles. The summed E-state index contributed by atoms with van der Waals surface area (Å²) >= 11 is 0. The minimum Gasteiger partial charge on any atom is -0.153 e. The molecule has 0 aromatic rings. The van der Waals surface area contributed by atoms with Gasteiger partial charge in [0.2, 0.25) is 0 Å². The third-order valence-electron chi connectivity index (χ3n) is 6.40. The topological polar surface area (TPSA) is 0 Å². The molecule has 0 aliphatic heterocycles. The second-order valence-corrected chi connectivity index (χ2v) is 14.5. The Morgan fingerprint density at radius 1 is 0.370 bits per heavy atom. The molecule has 1 unspecified atom stereocenters. The molecular formula is C25H58P2. The van der Waals surface area contributed by atoms with E-state index in [-0.39, 0.29) is 9.90 Å². The van der Waals surface area contributed by atoms with Gasteiger partial charge in [0.25, 0.3) is 0 Å². The van der Waals surface area contributed by atoms with Gasteiger partial charge in [-0.15, -0.1) is 0 Å². The maximum absolute atomic E-state index is 2.76. The molecule has 0 saturated heterocycles. The van der Waals surface area contributed by atoms with Crippen molar-refractivity contribution in [3.8, 4) is 0 Å². The summed E-state index contributed by atoms with van der Waals surface area (Å²) in [6.45, 7) is 9.73. The molecule has 0 aromatic carbocycles. The molecule has 0 saturated carbocycles. The molecule has 0 nitrogen and oxygen atoms in total. The summed E-state index contributed by atoms with van der Waals surface area (Å²) in [5.74, 6) is 0. The Kier molecular flexibility index (Phi) is 25.8. The molecule has 0 fully saturated rings. The van der Waals surface area contributed by atoms with E-state index in [2.05, 4.69) is 27.4 Å². The molecular weight excluding hydrogens is 362 g/mol. The van der Waals surface area contributed by atoms with Gasteiger partial charge in [0.1, 0.15) is 0 Å². The van der Waals surface area contributed by atoms with Crippen LogP contribution < -0.4 is 0 Å². The van der Waals surface area contributed by atoms with Crippen LogP contribution in [0, 0.1) is 0 Å². The smallest absolute Gasteiger partial charge is 0.153 e. The zero-order valence-corrected chi connectivity index (χ0v) is 22.5. The van der Waals surface area contributed by atoms with E-state index in [0.29, 0.717) is 0 Å². The Hall–Kier alpha value is 0.860. The fraction of sp³-hybridized carbons (Fsp3) is 1.00. The van der Waals surface area contributed by atoms with Crippen molar-refractivity contribution < 1.29 is 0 Å². The minimum absolute atomic E-state index is 0. The van der Waals surface area contributed by atoms with Gasteiger partial charge in [-0.05, 0) is 0 Å². The number of hydrogen-bond acceptors (Lipinski definition) is 0. The zero-order valence-electron chi connectivity index (χ0n) is 20.1. The fourth-order valence-electron chi connectivity index (χ4n) is 4.37. The van der Waals surface area contributed by atoms with Gasteiger partial charge in [-0.3, -0.25) is 0 Å². The number of hydrogen-bond donors (Lipinski definition) is 0. The molecule has 2 heteroatoms. The first-order valence-electron chi connectivity index (χ1n) is 12.7. The molecule has 0 bridgehead atoms. The van der Waals surface area contributed by atoms with E-state index in [9.17, 15) is 0 Å². The Morgan fingerprint density at radius 3 is 0.852 bits per heavy atom. The van der Waals surface area contributed by atoms with Crippen LogP contribution in [0.25, 0.3) is 0 Å². The van der Waals surface area contributed by atoms with Crippen molar-refractivity contribution in [2.24, 2.45) is 0 Å². The van der Waals surface area contributed by atoms with Crippen LogP contribution >= 0.6 is 17.2 Å². The van der Waals surface area contributed by atoms with Crippen LogP contribution in [0.3, 0.4) is 0 Å². The Bertz CT molecular complexity index is 224. The minimum atomic E-state index is -0.955. The normalized spacial score (nSPS) is 12.1. The summed E-state index contributed by atoms with van der Waals surface area (Å²) in [4.78, 5) is 0. The van der Waals surface area contributed by atoms with E-state index in [4.69, 9.17) is 0 Å². The second kappa shape index (κ2) is 23.1. The monoisotopic (exact) mass is 420 g/mol. The van der Waals surface area contributed by atoms with Crippen molar-refractivity contribution in [3.05, 3.63) is 0 Å². The Morgan fingerprint density at radius 2 is 0.593 bits per heavy atom. The van der Waals surface area contributed by atoms with E-state index in [1.807, 2.05) is 0 Å². The molecule has 0 aliphatic rings. The van der Waals surface area contributed by atoms with Crippen LogP contribution in [0.4, 0.5) is 0 Å². The average molecular weight is 421 g/mol. The largest absolute Gasteiger partial charge is 0.153 e. The number of rotatable bonds is 21. The first-order valence-corrected chi connectivity index (χ1v) is 15.8. The van der Waals surface area contributed by atoms with Crippen molar-refractivity contribution in [2.75, 3.05) is 25.2 Å². The van der Waals surface area contributed by atoms with Gasteiger partial charge in [-0.1, -0.05) is 0 Å². The molecule has 0 aromatic heterocycles. The van der Waals surface area contributed by atoms with Crippen molar-refractivity contribution in [3.63, 3.8) is 0 Å². The van der Waals surface area contributed by atoms with Gasteiger partial charge in [-0.2, -0.15) is 9.90 Å². The molecule has 0 aliphatic carbocycles. The number of unbranched alkanes of at least 4 members (excludes halogenated alkanes) is 15. The summed E-state index contributed by atoms with van der Waals surface area (Å²) in [5.41, 5.74) is 0. The molecule has 168 valence electrons. The van der Waals surface area contributed by atoms with E-state index < -0.39 is 7.26 Å². The molecule has 0 N–H and O–H groups in total. The first kappa shape index (κ1) is 30.1. The third-order valence-corrected chi connectivity index (χ3v) is 11.1. The Balaban J connectivity index is 0. The predicted octanol–water partition coefficient (Wildman–Crippen LogP) is 9.51. The summed E-state index contributed by atoms with van der Waals surface area (Å²) in [6, 6.07) is 0. The maximum Gasteiger partial charge on any atom is -0.153 e. The van der Waals surface area contributed by atoms with Crippen molar-refractivity contribution >= 4 is 17.2 Å². The van der Waals surface area contributed by atoms with Gasteiger partial charge in [-0.25, -0.2) is 0 Å². The van der Waals surface area contributed by atoms with Crippen molar-refractivity contribution in [1.29, 1.82) is 0 Å². The summed E-state index contributed by atoms with van der Waals surface area (Å²) in [7, 11) is -0.955. The summed E-state index contributed by atoms with van der Waals surface area (Å²) < 4.78 is 0. The quantitative estimate of drug-likeness (QED) is 0.128.